The minimum atomic E-state index is 0.267. The number of hydrogen-bond donors (Lipinski definition) is 0. The SMILES string of the molecule is Cc1ccc2c(c1)C(C)(C)C(C)(C)C2C(C)C. The molecule has 17 heavy (non-hydrogen) atoms. The van der Waals surface area contributed by atoms with Gasteiger partial charge < -0.3 is 0 Å². The van der Waals surface area contributed by atoms with E-state index in [1.54, 1.807) is 11.1 Å². The van der Waals surface area contributed by atoms with Crippen LogP contribution < -0.4 is 0 Å². The van der Waals surface area contributed by atoms with E-state index in [0.29, 0.717) is 17.3 Å². The molecule has 0 nitrogen and oxygen atoms in total. The highest BCUT2D eigenvalue weighted by molar-refractivity contribution is 5.47. The van der Waals surface area contributed by atoms with Gasteiger partial charge in [0.05, 0.1) is 0 Å². The molecule has 0 fully saturated rings. The van der Waals surface area contributed by atoms with E-state index >= 15 is 0 Å². The van der Waals surface area contributed by atoms with Gasteiger partial charge in [-0.2, -0.15) is 0 Å². The Kier molecular flexibility index (Phi) is 2.69. The van der Waals surface area contributed by atoms with Gasteiger partial charge in [-0.25, -0.2) is 0 Å². The van der Waals surface area contributed by atoms with Crippen molar-refractivity contribution in [3.05, 3.63) is 34.9 Å². The lowest BCUT2D eigenvalue weighted by molar-refractivity contribution is 0.152. The van der Waals surface area contributed by atoms with Crippen molar-refractivity contribution in [1.82, 2.24) is 0 Å². The topological polar surface area (TPSA) is 0 Å². The van der Waals surface area contributed by atoms with E-state index in [4.69, 9.17) is 0 Å². The zero-order valence-electron chi connectivity index (χ0n) is 12.4. The number of hydrogen-bond acceptors (Lipinski definition) is 0. The van der Waals surface area contributed by atoms with E-state index in [1.807, 2.05) is 0 Å². The summed E-state index contributed by atoms with van der Waals surface area (Å²) in [6, 6.07) is 7.04. The molecule has 1 aromatic carbocycles. The Hall–Kier alpha value is -0.780. The molecule has 0 aromatic heterocycles. The summed E-state index contributed by atoms with van der Waals surface area (Å²) in [5.74, 6) is 1.38. The average Bonchev–Trinajstić information content (AvgIpc) is 2.33. The molecule has 0 heteroatoms. The van der Waals surface area contributed by atoms with Crippen molar-refractivity contribution in [3.63, 3.8) is 0 Å². The maximum atomic E-state index is 2.44. The fraction of sp³-hybridized carbons (Fsp3) is 0.647. The summed E-state index contributed by atoms with van der Waals surface area (Å²) in [4.78, 5) is 0. The lowest BCUT2D eigenvalue weighted by Gasteiger charge is -2.41. The third-order valence-electron chi connectivity index (χ3n) is 5.27. The Balaban J connectivity index is 2.69. The van der Waals surface area contributed by atoms with Gasteiger partial charge in [-0.15, -0.1) is 0 Å². The van der Waals surface area contributed by atoms with Crippen LogP contribution in [0.2, 0.25) is 0 Å². The third-order valence-corrected chi connectivity index (χ3v) is 5.27. The van der Waals surface area contributed by atoms with Crippen LogP contribution in [0.25, 0.3) is 0 Å². The number of fused-ring (bicyclic) bond motifs is 1. The Morgan fingerprint density at radius 2 is 1.65 bits per heavy atom. The minimum absolute atomic E-state index is 0.267. The summed E-state index contributed by atoms with van der Waals surface area (Å²) in [7, 11) is 0. The third kappa shape index (κ3) is 1.57. The van der Waals surface area contributed by atoms with Crippen molar-refractivity contribution in [3.8, 4) is 0 Å². The van der Waals surface area contributed by atoms with E-state index in [9.17, 15) is 0 Å². The molecule has 0 N–H and O–H groups in total. The van der Waals surface area contributed by atoms with Crippen LogP contribution in [0.15, 0.2) is 18.2 Å². The lowest BCUT2D eigenvalue weighted by atomic mass is 9.62. The largest absolute Gasteiger partial charge is 0.0622 e. The molecule has 1 atom stereocenters. The van der Waals surface area contributed by atoms with E-state index in [2.05, 4.69) is 66.7 Å². The van der Waals surface area contributed by atoms with E-state index < -0.39 is 0 Å². The molecule has 1 aromatic rings. The maximum absolute atomic E-state index is 2.44. The standard InChI is InChI=1S/C17H26/c1-11(2)15-13-9-8-12(3)10-14(13)16(4,5)17(15,6)7/h8-11,15H,1-7H3. The Bertz CT molecular complexity index is 435. The van der Waals surface area contributed by atoms with Gasteiger partial charge in [0, 0.05) is 0 Å². The first-order valence-corrected chi connectivity index (χ1v) is 6.80. The second-order valence-corrected chi connectivity index (χ2v) is 7.16. The molecule has 0 saturated heterocycles. The average molecular weight is 230 g/mol. The molecule has 0 bridgehead atoms. The molecule has 1 aliphatic rings. The van der Waals surface area contributed by atoms with Crippen LogP contribution in [0.5, 0.6) is 0 Å². The molecule has 0 saturated carbocycles. The zero-order valence-corrected chi connectivity index (χ0v) is 12.4. The van der Waals surface area contributed by atoms with Crippen molar-refractivity contribution in [2.45, 2.75) is 59.8 Å². The monoisotopic (exact) mass is 230 g/mol. The first kappa shape index (κ1) is 12.7. The fourth-order valence-corrected chi connectivity index (χ4v) is 3.80. The minimum Gasteiger partial charge on any atom is -0.0622 e. The van der Waals surface area contributed by atoms with Crippen LogP contribution in [-0.2, 0) is 5.41 Å². The van der Waals surface area contributed by atoms with E-state index in [-0.39, 0.29) is 5.41 Å². The summed E-state index contributed by atoms with van der Waals surface area (Å²) in [5, 5.41) is 0. The Labute approximate surface area is 106 Å². The molecule has 0 spiro atoms. The van der Waals surface area contributed by atoms with Gasteiger partial charge in [-0.3, -0.25) is 0 Å². The molecule has 1 unspecified atom stereocenters. The highest BCUT2D eigenvalue weighted by Gasteiger charge is 2.52. The summed E-state index contributed by atoms with van der Waals surface area (Å²) in [5.41, 5.74) is 5.14. The van der Waals surface area contributed by atoms with Crippen molar-refractivity contribution >= 4 is 0 Å². The smallest absolute Gasteiger partial charge is 0.00436 e. The molecule has 0 aliphatic heterocycles. The van der Waals surface area contributed by atoms with Crippen LogP contribution in [-0.4, -0.2) is 0 Å². The number of benzene rings is 1. The molecule has 1 aliphatic carbocycles. The number of aryl methyl sites for hydroxylation is 1. The van der Waals surface area contributed by atoms with Crippen LogP contribution in [0.4, 0.5) is 0 Å². The van der Waals surface area contributed by atoms with E-state index in [1.165, 1.54) is 5.56 Å². The van der Waals surface area contributed by atoms with Crippen molar-refractivity contribution < 1.29 is 0 Å². The van der Waals surface area contributed by atoms with Crippen LogP contribution in [0, 0.1) is 18.3 Å². The van der Waals surface area contributed by atoms with Crippen molar-refractivity contribution in [1.29, 1.82) is 0 Å². The van der Waals surface area contributed by atoms with Crippen molar-refractivity contribution in [2.24, 2.45) is 11.3 Å². The summed E-state index contributed by atoms with van der Waals surface area (Å²) >= 11 is 0. The van der Waals surface area contributed by atoms with Crippen LogP contribution in [0.1, 0.15) is 64.2 Å². The van der Waals surface area contributed by atoms with E-state index in [0.717, 1.165) is 0 Å². The number of rotatable bonds is 1. The fourth-order valence-electron chi connectivity index (χ4n) is 3.80. The van der Waals surface area contributed by atoms with Gasteiger partial charge >= 0.3 is 0 Å². The van der Waals surface area contributed by atoms with Gasteiger partial charge in [-0.05, 0) is 40.7 Å². The first-order chi connectivity index (χ1) is 7.69. The first-order valence-electron chi connectivity index (χ1n) is 6.80. The normalized spacial score (nSPS) is 25.1. The maximum Gasteiger partial charge on any atom is -0.00436 e. The van der Waals surface area contributed by atoms with Crippen molar-refractivity contribution in [2.75, 3.05) is 0 Å². The van der Waals surface area contributed by atoms with Gasteiger partial charge in [0.25, 0.3) is 0 Å². The molecule has 0 radical (unpaired) electrons. The second kappa shape index (κ2) is 3.60. The predicted molar refractivity (Wildman–Crippen MR) is 75.6 cm³/mol. The summed E-state index contributed by atoms with van der Waals surface area (Å²) in [6.45, 7) is 16.6. The molecular formula is C17H26. The van der Waals surface area contributed by atoms with Gasteiger partial charge in [-0.1, -0.05) is 65.3 Å². The van der Waals surface area contributed by atoms with Crippen LogP contribution in [0.3, 0.4) is 0 Å². The summed E-state index contributed by atoms with van der Waals surface area (Å²) in [6.07, 6.45) is 0. The Morgan fingerprint density at radius 1 is 1.06 bits per heavy atom. The van der Waals surface area contributed by atoms with Gasteiger partial charge in [0.15, 0.2) is 0 Å². The molecule has 2 rings (SSSR count). The predicted octanol–water partition coefficient (Wildman–Crippen LogP) is 5.05. The highest BCUT2D eigenvalue weighted by Crippen LogP contribution is 2.60. The molecule has 0 heterocycles. The van der Waals surface area contributed by atoms with Gasteiger partial charge in [0.1, 0.15) is 0 Å². The lowest BCUT2D eigenvalue weighted by Crippen LogP contribution is -2.36. The molecule has 94 valence electrons. The second-order valence-electron chi connectivity index (χ2n) is 7.16. The zero-order chi connectivity index (χ0) is 13.0. The Morgan fingerprint density at radius 3 is 2.18 bits per heavy atom. The molecular weight excluding hydrogens is 204 g/mol. The van der Waals surface area contributed by atoms with Gasteiger partial charge in [0.2, 0.25) is 0 Å². The van der Waals surface area contributed by atoms with Crippen LogP contribution >= 0.6 is 0 Å². The molecule has 0 amide bonds. The quantitative estimate of drug-likeness (QED) is 0.633. The summed E-state index contributed by atoms with van der Waals surface area (Å²) < 4.78 is 0. The highest BCUT2D eigenvalue weighted by atomic mass is 14.6.